The number of hydrogen-bond donors (Lipinski definition) is 0. The van der Waals surface area contributed by atoms with Crippen LogP contribution < -0.4 is 4.74 Å². The largest absolute Gasteiger partial charge is 0.573 e. The Hall–Kier alpha value is -4.33. The molecule has 7 nitrogen and oxygen atoms in total. The Morgan fingerprint density at radius 3 is 2.12 bits per heavy atom. The van der Waals surface area contributed by atoms with E-state index in [1.54, 1.807) is 36.4 Å². The Morgan fingerprint density at radius 1 is 0.907 bits per heavy atom. The molecular formula is C29H23F6N3O4S. The minimum Gasteiger partial charge on any atom is -0.441 e. The summed E-state index contributed by atoms with van der Waals surface area (Å²) in [5.41, 5.74) is -0.0681. The first-order valence-corrected chi connectivity index (χ1v) is 14.5. The van der Waals surface area contributed by atoms with Gasteiger partial charge in [0.05, 0.1) is 5.70 Å². The number of nitrogens with zero attached hydrogens (tertiary/aromatic N) is 3. The Balaban J connectivity index is 1.78. The van der Waals surface area contributed by atoms with Crippen LogP contribution >= 0.6 is 0 Å². The second kappa shape index (κ2) is 10.4. The number of imidazole rings is 1. The van der Waals surface area contributed by atoms with Gasteiger partial charge < -0.3 is 13.7 Å². The highest BCUT2D eigenvalue weighted by atomic mass is 32.2. The molecule has 1 atom stereocenters. The number of sulfone groups is 1. The molecule has 0 saturated heterocycles. The highest BCUT2D eigenvalue weighted by molar-refractivity contribution is 7.92. The zero-order valence-corrected chi connectivity index (χ0v) is 23.6. The van der Waals surface area contributed by atoms with Gasteiger partial charge in [0.15, 0.2) is 31.9 Å². The fraction of sp³-hybridized carbons (Fsp3) is 0.241. The molecule has 1 unspecified atom stereocenters. The summed E-state index contributed by atoms with van der Waals surface area (Å²) >= 11 is 0. The fourth-order valence-corrected chi connectivity index (χ4v) is 6.57. The van der Waals surface area contributed by atoms with Crippen LogP contribution in [-0.4, -0.2) is 35.6 Å². The molecule has 0 saturated carbocycles. The first-order chi connectivity index (χ1) is 20.0. The number of oxazole rings is 1. The summed E-state index contributed by atoms with van der Waals surface area (Å²) in [6.45, 7) is 2.77. The lowest BCUT2D eigenvalue weighted by Gasteiger charge is -2.37. The van der Waals surface area contributed by atoms with Gasteiger partial charge in [-0.15, -0.1) is 13.2 Å². The lowest BCUT2D eigenvalue weighted by atomic mass is 9.83. The maximum absolute atomic E-state index is 14.0. The van der Waals surface area contributed by atoms with Gasteiger partial charge in [0.1, 0.15) is 17.3 Å². The third kappa shape index (κ3) is 5.70. The number of ether oxygens (including phenoxy) is 1. The molecule has 2 aromatic heterocycles. The van der Waals surface area contributed by atoms with E-state index in [0.717, 1.165) is 29.2 Å². The van der Waals surface area contributed by atoms with E-state index in [1.165, 1.54) is 32.1 Å². The maximum atomic E-state index is 14.0. The van der Waals surface area contributed by atoms with Crippen LogP contribution in [0.1, 0.15) is 35.1 Å². The fourth-order valence-electron chi connectivity index (χ4n) is 5.12. The molecular weight excluding hydrogens is 600 g/mol. The van der Waals surface area contributed by atoms with Crippen molar-refractivity contribution in [1.82, 2.24) is 14.5 Å². The SMILES string of the molecule is Cc1nc(C2(S(C)(=O)=O)CC(c3ccccc3)=CC=C2n2cc(C(F)(F)F)nc2C)c(-c2ccc(OC(F)(F)F)cc2)o1. The molecule has 1 aliphatic rings. The Morgan fingerprint density at radius 2 is 1.56 bits per heavy atom. The van der Waals surface area contributed by atoms with Gasteiger partial charge >= 0.3 is 12.5 Å². The molecule has 5 rings (SSSR count). The van der Waals surface area contributed by atoms with E-state index in [9.17, 15) is 34.8 Å². The van der Waals surface area contributed by atoms with Crippen molar-refractivity contribution in [2.45, 2.75) is 37.6 Å². The number of aryl methyl sites for hydroxylation is 2. The van der Waals surface area contributed by atoms with Crippen molar-refractivity contribution < 1.29 is 43.9 Å². The first kappa shape index (κ1) is 30.1. The summed E-state index contributed by atoms with van der Waals surface area (Å²) in [6.07, 6.45) is -5.30. The van der Waals surface area contributed by atoms with E-state index in [0.29, 0.717) is 11.1 Å². The van der Waals surface area contributed by atoms with Crippen LogP contribution in [0.4, 0.5) is 26.3 Å². The van der Waals surface area contributed by atoms with Gasteiger partial charge in [-0.3, -0.25) is 0 Å². The maximum Gasteiger partial charge on any atom is 0.573 e. The van der Waals surface area contributed by atoms with Gasteiger partial charge in [0.25, 0.3) is 0 Å². The van der Waals surface area contributed by atoms with Crippen LogP contribution in [-0.2, 0) is 20.8 Å². The predicted octanol–water partition coefficient (Wildman–Crippen LogP) is 7.34. The van der Waals surface area contributed by atoms with E-state index < -0.39 is 38.6 Å². The highest BCUT2D eigenvalue weighted by Crippen LogP contribution is 2.52. The Labute approximate surface area is 242 Å². The number of hydrogen-bond acceptors (Lipinski definition) is 6. The molecule has 2 aromatic carbocycles. The van der Waals surface area contributed by atoms with Crippen LogP contribution in [0.2, 0.25) is 0 Å². The zero-order chi connectivity index (χ0) is 31.4. The van der Waals surface area contributed by atoms with Gasteiger partial charge in [-0.25, -0.2) is 18.4 Å². The molecule has 2 heterocycles. The molecule has 1 aliphatic carbocycles. The number of allylic oxidation sites excluding steroid dienone is 3. The summed E-state index contributed by atoms with van der Waals surface area (Å²) in [5, 5.41) is 0. The summed E-state index contributed by atoms with van der Waals surface area (Å²) < 4.78 is 116. The molecule has 0 aliphatic heterocycles. The molecule has 226 valence electrons. The van der Waals surface area contributed by atoms with E-state index in [1.807, 2.05) is 0 Å². The van der Waals surface area contributed by atoms with Crippen LogP contribution in [0.25, 0.3) is 22.6 Å². The minimum atomic E-state index is -4.93. The van der Waals surface area contributed by atoms with Gasteiger partial charge in [-0.05, 0) is 48.4 Å². The van der Waals surface area contributed by atoms with E-state index in [2.05, 4.69) is 14.7 Å². The molecule has 0 radical (unpaired) electrons. The average molecular weight is 624 g/mol. The molecule has 0 bridgehead atoms. The van der Waals surface area contributed by atoms with Crippen LogP contribution in [0.15, 0.2) is 77.4 Å². The van der Waals surface area contributed by atoms with E-state index in [-0.39, 0.29) is 40.9 Å². The smallest absolute Gasteiger partial charge is 0.441 e. The van der Waals surface area contributed by atoms with Crippen molar-refractivity contribution in [2.75, 3.05) is 6.26 Å². The summed E-state index contributed by atoms with van der Waals surface area (Å²) in [5.74, 6) is -0.709. The highest BCUT2D eigenvalue weighted by Gasteiger charge is 2.53. The Kier molecular flexibility index (Phi) is 7.31. The molecule has 43 heavy (non-hydrogen) atoms. The van der Waals surface area contributed by atoms with E-state index >= 15 is 0 Å². The van der Waals surface area contributed by atoms with Crippen LogP contribution in [0.3, 0.4) is 0 Å². The molecule has 0 amide bonds. The molecule has 0 fully saturated rings. The summed E-state index contributed by atoms with van der Waals surface area (Å²) in [7, 11) is -4.31. The number of halogens is 6. The third-order valence-electron chi connectivity index (χ3n) is 6.97. The predicted molar refractivity (Wildman–Crippen MR) is 145 cm³/mol. The lowest BCUT2D eigenvalue weighted by Crippen LogP contribution is -2.41. The number of alkyl halides is 6. The number of benzene rings is 2. The van der Waals surface area contributed by atoms with Crippen molar-refractivity contribution in [2.24, 2.45) is 0 Å². The van der Waals surface area contributed by atoms with Gasteiger partial charge in [0, 0.05) is 31.4 Å². The molecule has 0 spiro atoms. The topological polar surface area (TPSA) is 87.2 Å². The first-order valence-electron chi connectivity index (χ1n) is 12.6. The van der Waals surface area contributed by atoms with Crippen LogP contribution in [0.5, 0.6) is 5.75 Å². The zero-order valence-electron chi connectivity index (χ0n) is 22.8. The minimum absolute atomic E-state index is 0.0251. The van der Waals surface area contributed by atoms with Crippen molar-refractivity contribution in [3.63, 3.8) is 0 Å². The quantitative estimate of drug-likeness (QED) is 0.209. The van der Waals surface area contributed by atoms with E-state index in [4.69, 9.17) is 4.42 Å². The molecule has 4 aromatic rings. The van der Waals surface area contributed by atoms with Gasteiger partial charge in [-0.2, -0.15) is 13.2 Å². The average Bonchev–Trinajstić information content (AvgIpc) is 3.50. The van der Waals surface area contributed by atoms with Crippen molar-refractivity contribution >= 4 is 21.1 Å². The monoisotopic (exact) mass is 623 g/mol. The second-order valence-electron chi connectivity index (χ2n) is 9.91. The summed E-state index contributed by atoms with van der Waals surface area (Å²) in [4.78, 5) is 8.07. The van der Waals surface area contributed by atoms with Crippen LogP contribution in [0, 0.1) is 13.8 Å². The second-order valence-corrected chi connectivity index (χ2v) is 12.2. The van der Waals surface area contributed by atoms with Gasteiger partial charge in [-0.1, -0.05) is 36.4 Å². The van der Waals surface area contributed by atoms with Crippen molar-refractivity contribution in [3.8, 4) is 17.1 Å². The number of aromatic nitrogens is 3. The van der Waals surface area contributed by atoms with Gasteiger partial charge in [0.2, 0.25) is 0 Å². The molecule has 14 heteroatoms. The van der Waals surface area contributed by atoms with Crippen molar-refractivity contribution in [3.05, 3.63) is 102 Å². The van der Waals surface area contributed by atoms with Crippen molar-refractivity contribution in [1.29, 1.82) is 0 Å². The number of rotatable bonds is 6. The lowest BCUT2D eigenvalue weighted by molar-refractivity contribution is -0.274. The molecule has 0 N–H and O–H groups in total. The summed E-state index contributed by atoms with van der Waals surface area (Å²) in [6, 6.07) is 13.3. The normalized spacial score (nSPS) is 17.9. The standard InChI is InChI=1S/C29H23F6N3O4S/c1-17-36-23(28(30,31)32)16-38(17)24-14-11-21(19-7-5-4-6-8-19)15-27(24,43(3,39)40)26-25(41-18(2)37-26)20-9-12-22(13-10-20)42-29(33,34)35/h4-14,16H,15H2,1-3H3. The third-order valence-corrected chi connectivity index (χ3v) is 8.78. The Bertz CT molecular complexity index is 1840.